The van der Waals surface area contributed by atoms with E-state index in [1.165, 1.54) is 4.68 Å². The average Bonchev–Trinajstić information content (AvgIpc) is 2.50. The van der Waals surface area contributed by atoms with Crippen LogP contribution >= 0.6 is 11.6 Å². The summed E-state index contributed by atoms with van der Waals surface area (Å²) in [6.07, 6.45) is 1.68. The second kappa shape index (κ2) is 6.46. The van der Waals surface area contributed by atoms with E-state index < -0.39 is 0 Å². The Morgan fingerprint density at radius 1 is 1.12 bits per heavy atom. The van der Waals surface area contributed by atoms with Crippen LogP contribution in [0.5, 0.6) is 0 Å². The molecule has 0 amide bonds. The first-order chi connectivity index (χ1) is 11.7. The third-order valence-corrected chi connectivity index (χ3v) is 4.53. The molecule has 1 aromatic heterocycles. The van der Waals surface area contributed by atoms with Crippen LogP contribution in [0.4, 0.5) is 5.69 Å². The Balaban J connectivity index is 1.91. The molecule has 0 bridgehead atoms. The molecule has 6 heteroatoms. The lowest BCUT2D eigenvalue weighted by Crippen LogP contribution is -2.57. The van der Waals surface area contributed by atoms with Crippen molar-refractivity contribution in [3.05, 3.63) is 57.5 Å². The standard InChI is InChI=1S/C19H24ClN3O2/c1-18(2)12-22(13-19(3,4)25-18)15-10-21-23(17(24)16(15)20)11-14-8-6-5-7-9-14/h5-10H,11-13H2,1-4H3. The normalized spacial score (nSPS) is 19.0. The van der Waals surface area contributed by atoms with Crippen LogP contribution in [-0.4, -0.2) is 34.1 Å². The lowest BCUT2D eigenvalue weighted by Gasteiger charge is -2.48. The van der Waals surface area contributed by atoms with Gasteiger partial charge in [0.05, 0.1) is 29.6 Å². The summed E-state index contributed by atoms with van der Waals surface area (Å²) in [6, 6.07) is 9.74. The number of nitrogens with zero attached hydrogens (tertiary/aromatic N) is 3. The SMILES string of the molecule is CC1(C)CN(c2cnn(Cc3ccccc3)c(=O)c2Cl)CC(C)(C)O1. The molecule has 0 N–H and O–H groups in total. The second-order valence-corrected chi connectivity index (χ2v) is 8.15. The molecular weight excluding hydrogens is 338 g/mol. The summed E-state index contributed by atoms with van der Waals surface area (Å²) in [7, 11) is 0. The number of hydrogen-bond acceptors (Lipinski definition) is 4. The summed E-state index contributed by atoms with van der Waals surface area (Å²) in [5.41, 5.74) is 0.744. The van der Waals surface area contributed by atoms with E-state index >= 15 is 0 Å². The van der Waals surface area contributed by atoms with Crippen molar-refractivity contribution in [2.45, 2.75) is 45.4 Å². The molecule has 1 aliphatic rings. The van der Waals surface area contributed by atoms with E-state index in [0.717, 1.165) is 5.56 Å². The van der Waals surface area contributed by atoms with Crippen molar-refractivity contribution in [1.29, 1.82) is 0 Å². The fourth-order valence-electron chi connectivity index (χ4n) is 3.50. The molecule has 1 fully saturated rings. The van der Waals surface area contributed by atoms with E-state index in [1.807, 2.05) is 58.0 Å². The number of halogens is 1. The van der Waals surface area contributed by atoms with Gasteiger partial charge < -0.3 is 9.64 Å². The van der Waals surface area contributed by atoms with E-state index in [2.05, 4.69) is 10.00 Å². The molecule has 0 unspecified atom stereocenters. The molecule has 3 rings (SSSR count). The van der Waals surface area contributed by atoms with Gasteiger partial charge in [0.1, 0.15) is 5.02 Å². The predicted octanol–water partition coefficient (Wildman–Crippen LogP) is 3.34. The van der Waals surface area contributed by atoms with Gasteiger partial charge in [-0.3, -0.25) is 4.79 Å². The number of morpholine rings is 1. The molecule has 1 aromatic carbocycles. The number of hydrogen-bond donors (Lipinski definition) is 0. The molecule has 5 nitrogen and oxygen atoms in total. The molecule has 134 valence electrons. The van der Waals surface area contributed by atoms with E-state index in [1.54, 1.807) is 6.20 Å². The van der Waals surface area contributed by atoms with Gasteiger partial charge in [0, 0.05) is 13.1 Å². The first kappa shape index (κ1) is 18.0. The summed E-state index contributed by atoms with van der Waals surface area (Å²) in [5, 5.41) is 4.55. The highest BCUT2D eigenvalue weighted by Gasteiger charge is 2.39. The molecule has 1 aliphatic heterocycles. The van der Waals surface area contributed by atoms with Crippen LogP contribution in [0.25, 0.3) is 0 Å². The summed E-state index contributed by atoms with van der Waals surface area (Å²) in [6.45, 7) is 9.87. The summed E-state index contributed by atoms with van der Waals surface area (Å²) < 4.78 is 7.50. The fraction of sp³-hybridized carbons (Fsp3) is 0.474. The monoisotopic (exact) mass is 361 g/mol. The Morgan fingerprint density at radius 3 is 2.32 bits per heavy atom. The Bertz CT molecular complexity index is 799. The van der Waals surface area contributed by atoms with Crippen molar-refractivity contribution in [1.82, 2.24) is 9.78 Å². The Hall–Kier alpha value is -1.85. The van der Waals surface area contributed by atoms with Gasteiger partial charge in [-0.2, -0.15) is 5.10 Å². The number of anilines is 1. The smallest absolute Gasteiger partial charge is 0.287 e. The number of rotatable bonds is 3. The summed E-state index contributed by atoms with van der Waals surface area (Å²) in [4.78, 5) is 14.8. The first-order valence-corrected chi connectivity index (χ1v) is 8.79. The van der Waals surface area contributed by atoms with Gasteiger partial charge >= 0.3 is 0 Å². The van der Waals surface area contributed by atoms with Crippen LogP contribution in [0.2, 0.25) is 5.02 Å². The van der Waals surface area contributed by atoms with E-state index in [0.29, 0.717) is 25.3 Å². The highest BCUT2D eigenvalue weighted by atomic mass is 35.5. The minimum absolute atomic E-state index is 0.208. The van der Waals surface area contributed by atoms with E-state index in [-0.39, 0.29) is 21.8 Å². The summed E-state index contributed by atoms with van der Waals surface area (Å²) in [5.74, 6) is 0. The molecule has 0 atom stereocenters. The topological polar surface area (TPSA) is 47.4 Å². The van der Waals surface area contributed by atoms with Crippen LogP contribution in [-0.2, 0) is 11.3 Å². The van der Waals surface area contributed by atoms with Crippen LogP contribution in [0.15, 0.2) is 41.3 Å². The van der Waals surface area contributed by atoms with Crippen molar-refractivity contribution in [2.75, 3.05) is 18.0 Å². The number of aromatic nitrogens is 2. The molecular formula is C19H24ClN3O2. The molecule has 2 heterocycles. The highest BCUT2D eigenvalue weighted by Crippen LogP contribution is 2.33. The van der Waals surface area contributed by atoms with Crippen LogP contribution in [0.3, 0.4) is 0 Å². The molecule has 2 aromatic rings. The zero-order chi connectivity index (χ0) is 18.2. The highest BCUT2D eigenvalue weighted by molar-refractivity contribution is 6.33. The molecule has 0 radical (unpaired) electrons. The lowest BCUT2D eigenvalue weighted by molar-refractivity contribution is -0.133. The number of benzene rings is 1. The maximum atomic E-state index is 12.7. The second-order valence-electron chi connectivity index (χ2n) is 7.77. The zero-order valence-electron chi connectivity index (χ0n) is 15.1. The van der Waals surface area contributed by atoms with Gasteiger partial charge in [-0.15, -0.1) is 0 Å². The minimum Gasteiger partial charge on any atom is -0.366 e. The average molecular weight is 362 g/mol. The molecule has 0 saturated carbocycles. The van der Waals surface area contributed by atoms with Crippen LogP contribution in [0, 0.1) is 0 Å². The number of ether oxygens (including phenoxy) is 1. The lowest BCUT2D eigenvalue weighted by atomic mass is 9.98. The predicted molar refractivity (Wildman–Crippen MR) is 101 cm³/mol. The fourth-order valence-corrected chi connectivity index (χ4v) is 3.77. The first-order valence-electron chi connectivity index (χ1n) is 8.42. The third kappa shape index (κ3) is 4.05. The molecule has 25 heavy (non-hydrogen) atoms. The van der Waals surface area contributed by atoms with Gasteiger partial charge in [0.15, 0.2) is 0 Å². The molecule has 1 saturated heterocycles. The van der Waals surface area contributed by atoms with Crippen LogP contribution < -0.4 is 10.5 Å². The Labute approximate surface area is 153 Å². The van der Waals surface area contributed by atoms with Crippen molar-refractivity contribution >= 4 is 17.3 Å². The zero-order valence-corrected chi connectivity index (χ0v) is 15.9. The van der Waals surface area contributed by atoms with Crippen LogP contribution in [0.1, 0.15) is 33.3 Å². The van der Waals surface area contributed by atoms with Crippen molar-refractivity contribution < 1.29 is 4.74 Å². The maximum absolute atomic E-state index is 12.7. The van der Waals surface area contributed by atoms with Gasteiger partial charge in [0.2, 0.25) is 0 Å². The maximum Gasteiger partial charge on any atom is 0.287 e. The summed E-state index contributed by atoms with van der Waals surface area (Å²) >= 11 is 6.43. The van der Waals surface area contributed by atoms with Crippen molar-refractivity contribution in [3.8, 4) is 0 Å². The molecule has 0 aliphatic carbocycles. The largest absolute Gasteiger partial charge is 0.366 e. The van der Waals surface area contributed by atoms with E-state index in [9.17, 15) is 4.79 Å². The molecule has 0 spiro atoms. The van der Waals surface area contributed by atoms with Crippen molar-refractivity contribution in [3.63, 3.8) is 0 Å². The van der Waals surface area contributed by atoms with Crippen molar-refractivity contribution in [2.24, 2.45) is 0 Å². The van der Waals surface area contributed by atoms with Gasteiger partial charge in [-0.1, -0.05) is 41.9 Å². The van der Waals surface area contributed by atoms with Gasteiger partial charge in [-0.25, -0.2) is 4.68 Å². The van der Waals surface area contributed by atoms with E-state index in [4.69, 9.17) is 16.3 Å². The minimum atomic E-state index is -0.329. The quantitative estimate of drug-likeness (QED) is 0.841. The van der Waals surface area contributed by atoms with Gasteiger partial charge in [-0.05, 0) is 33.3 Å². The third-order valence-electron chi connectivity index (χ3n) is 4.18. The Kier molecular flexibility index (Phi) is 4.64. The van der Waals surface area contributed by atoms with Gasteiger partial charge in [0.25, 0.3) is 5.56 Å². The Morgan fingerprint density at radius 2 is 1.72 bits per heavy atom.